The number of nitrogen functional groups attached to an aromatic ring is 1. The molecule has 1 saturated carbocycles. The molecule has 0 spiro atoms. The maximum atomic E-state index is 5.19. The third-order valence-corrected chi connectivity index (χ3v) is 1.35. The van der Waals surface area contributed by atoms with Crippen molar-refractivity contribution < 1.29 is 4.42 Å². The Morgan fingerprint density at radius 3 is 2.80 bits per heavy atom. The van der Waals surface area contributed by atoms with Gasteiger partial charge in [-0.25, -0.2) is 0 Å². The molecule has 54 valence electrons. The molecule has 0 saturated heterocycles. The minimum absolute atomic E-state index is 0.114. The van der Waals surface area contributed by atoms with Crippen LogP contribution in [0.5, 0.6) is 0 Å². The summed E-state index contributed by atoms with van der Waals surface area (Å²) in [6, 6.07) is 1.07. The van der Waals surface area contributed by atoms with Crippen molar-refractivity contribution in [2.75, 3.05) is 11.1 Å². The molecule has 1 heterocycles. The molecule has 1 aliphatic carbocycles. The minimum Gasteiger partial charge on any atom is -0.390 e. The Morgan fingerprint density at radius 1 is 1.50 bits per heavy atom. The smallest absolute Gasteiger partial charge is 0.317 e. The molecule has 0 aliphatic heterocycles. The van der Waals surface area contributed by atoms with Crippen molar-refractivity contribution in [3.8, 4) is 0 Å². The average Bonchev–Trinajstić information content (AvgIpc) is 2.59. The lowest BCUT2D eigenvalue weighted by Gasteiger charge is -1.92. The van der Waals surface area contributed by atoms with Crippen LogP contribution in [-0.2, 0) is 0 Å². The van der Waals surface area contributed by atoms with E-state index in [-0.39, 0.29) is 6.01 Å². The van der Waals surface area contributed by atoms with Gasteiger partial charge in [0.1, 0.15) is 0 Å². The van der Waals surface area contributed by atoms with Crippen molar-refractivity contribution in [1.29, 1.82) is 0 Å². The zero-order valence-electron chi connectivity index (χ0n) is 5.37. The number of hydrogen-bond acceptors (Lipinski definition) is 5. The summed E-state index contributed by atoms with van der Waals surface area (Å²) in [5.74, 6) is 0. The number of hydrogen-bond donors (Lipinski definition) is 2. The van der Waals surface area contributed by atoms with Gasteiger partial charge in [0.2, 0.25) is 0 Å². The Hall–Kier alpha value is -1.26. The van der Waals surface area contributed by atoms with Gasteiger partial charge in [0.05, 0.1) is 0 Å². The van der Waals surface area contributed by atoms with Gasteiger partial charge in [0.15, 0.2) is 0 Å². The fourth-order valence-corrected chi connectivity index (χ4v) is 0.695. The summed E-state index contributed by atoms with van der Waals surface area (Å²) >= 11 is 0. The zero-order valence-corrected chi connectivity index (χ0v) is 5.37. The van der Waals surface area contributed by atoms with Crippen molar-refractivity contribution >= 4 is 12.0 Å². The Bertz CT molecular complexity index is 229. The summed E-state index contributed by atoms with van der Waals surface area (Å²) in [6.45, 7) is 0. The van der Waals surface area contributed by atoms with Gasteiger partial charge in [-0.05, 0) is 12.8 Å². The van der Waals surface area contributed by atoms with E-state index in [1.165, 1.54) is 12.8 Å². The van der Waals surface area contributed by atoms with Gasteiger partial charge < -0.3 is 15.5 Å². The molecule has 0 radical (unpaired) electrons. The van der Waals surface area contributed by atoms with Crippen LogP contribution in [0.2, 0.25) is 0 Å². The van der Waals surface area contributed by atoms with E-state index in [0.29, 0.717) is 12.1 Å². The van der Waals surface area contributed by atoms with Gasteiger partial charge in [-0.1, -0.05) is 10.2 Å². The lowest BCUT2D eigenvalue weighted by atomic mass is 10.7. The van der Waals surface area contributed by atoms with Gasteiger partial charge in [-0.15, -0.1) is 0 Å². The number of aromatic nitrogens is 2. The second-order valence-electron chi connectivity index (χ2n) is 2.36. The van der Waals surface area contributed by atoms with E-state index in [0.717, 1.165) is 0 Å². The highest BCUT2D eigenvalue weighted by molar-refractivity contribution is 5.26. The number of anilines is 2. The Morgan fingerprint density at radius 2 is 2.30 bits per heavy atom. The van der Waals surface area contributed by atoms with Crippen LogP contribution in [0.4, 0.5) is 12.0 Å². The summed E-state index contributed by atoms with van der Waals surface area (Å²) in [6.07, 6.45) is 2.37. The summed E-state index contributed by atoms with van der Waals surface area (Å²) in [7, 11) is 0. The third-order valence-electron chi connectivity index (χ3n) is 1.35. The van der Waals surface area contributed by atoms with E-state index in [1.54, 1.807) is 0 Å². The van der Waals surface area contributed by atoms with Crippen LogP contribution in [0.25, 0.3) is 0 Å². The highest BCUT2D eigenvalue weighted by Gasteiger charge is 2.22. The molecule has 5 nitrogen and oxygen atoms in total. The normalized spacial score (nSPS) is 17.2. The molecule has 1 aromatic rings. The van der Waals surface area contributed by atoms with E-state index in [9.17, 15) is 0 Å². The molecular weight excluding hydrogens is 132 g/mol. The van der Waals surface area contributed by atoms with E-state index in [1.807, 2.05) is 0 Å². The number of nitrogens with one attached hydrogen (secondary N) is 1. The van der Waals surface area contributed by atoms with Crippen LogP contribution in [0.3, 0.4) is 0 Å². The lowest BCUT2D eigenvalue weighted by Crippen LogP contribution is -2.00. The molecule has 0 atom stereocenters. The van der Waals surface area contributed by atoms with Crippen LogP contribution in [0.15, 0.2) is 4.42 Å². The fourth-order valence-electron chi connectivity index (χ4n) is 0.695. The molecule has 1 aliphatic rings. The first-order valence-corrected chi connectivity index (χ1v) is 3.20. The lowest BCUT2D eigenvalue weighted by molar-refractivity contribution is 0.586. The van der Waals surface area contributed by atoms with Crippen molar-refractivity contribution in [3.63, 3.8) is 0 Å². The predicted octanol–water partition coefficient (Wildman–Crippen LogP) is 0.226. The van der Waals surface area contributed by atoms with E-state index < -0.39 is 0 Å². The molecule has 10 heavy (non-hydrogen) atoms. The van der Waals surface area contributed by atoms with Crippen LogP contribution in [0.1, 0.15) is 12.8 Å². The molecule has 1 fully saturated rings. The highest BCUT2D eigenvalue weighted by atomic mass is 16.4. The first-order valence-electron chi connectivity index (χ1n) is 3.20. The largest absolute Gasteiger partial charge is 0.390 e. The number of nitrogens with zero attached hydrogens (tertiary/aromatic N) is 2. The van der Waals surface area contributed by atoms with Crippen molar-refractivity contribution in [1.82, 2.24) is 10.2 Å². The molecule has 5 heteroatoms. The Balaban J connectivity index is 2.03. The van der Waals surface area contributed by atoms with Crippen LogP contribution < -0.4 is 11.1 Å². The second kappa shape index (κ2) is 1.86. The average molecular weight is 140 g/mol. The van der Waals surface area contributed by atoms with Gasteiger partial charge in [-0.2, -0.15) is 0 Å². The maximum Gasteiger partial charge on any atom is 0.317 e. The van der Waals surface area contributed by atoms with Crippen molar-refractivity contribution in [2.45, 2.75) is 18.9 Å². The van der Waals surface area contributed by atoms with E-state index >= 15 is 0 Å². The number of rotatable bonds is 2. The maximum absolute atomic E-state index is 5.19. The molecule has 2 rings (SSSR count). The topological polar surface area (TPSA) is 77.0 Å². The Kier molecular flexibility index (Phi) is 1.03. The van der Waals surface area contributed by atoms with Gasteiger partial charge >= 0.3 is 12.0 Å². The zero-order chi connectivity index (χ0) is 6.97. The van der Waals surface area contributed by atoms with Crippen molar-refractivity contribution in [3.05, 3.63) is 0 Å². The molecule has 0 amide bonds. The minimum atomic E-state index is 0.114. The summed E-state index contributed by atoms with van der Waals surface area (Å²) in [4.78, 5) is 0. The van der Waals surface area contributed by atoms with Gasteiger partial charge in [0, 0.05) is 6.04 Å². The van der Waals surface area contributed by atoms with E-state index in [2.05, 4.69) is 15.5 Å². The molecule has 3 N–H and O–H groups in total. The third kappa shape index (κ3) is 1.02. The van der Waals surface area contributed by atoms with E-state index in [4.69, 9.17) is 10.2 Å². The van der Waals surface area contributed by atoms with Crippen LogP contribution in [-0.4, -0.2) is 16.2 Å². The van der Waals surface area contributed by atoms with Gasteiger partial charge in [-0.3, -0.25) is 0 Å². The standard InChI is InChI=1S/C5H8N4O/c6-4-8-9-5(10-4)7-3-1-2-3/h3H,1-2H2,(H2,6,8)(H,7,9). The molecule has 0 bridgehead atoms. The summed E-state index contributed by atoms with van der Waals surface area (Å²) in [5.41, 5.74) is 5.19. The predicted molar refractivity (Wildman–Crippen MR) is 35.4 cm³/mol. The molecule has 0 unspecified atom stereocenters. The summed E-state index contributed by atoms with van der Waals surface area (Å²) < 4.78 is 4.88. The van der Waals surface area contributed by atoms with Gasteiger partial charge in [0.25, 0.3) is 0 Å². The first kappa shape index (κ1) is 5.52. The monoisotopic (exact) mass is 140 g/mol. The summed E-state index contributed by atoms with van der Waals surface area (Å²) in [5, 5.41) is 10.2. The first-order chi connectivity index (χ1) is 4.84. The molecular formula is C5H8N4O. The van der Waals surface area contributed by atoms with Crippen molar-refractivity contribution in [2.24, 2.45) is 0 Å². The van der Waals surface area contributed by atoms with Crippen LogP contribution >= 0.6 is 0 Å². The fraction of sp³-hybridized carbons (Fsp3) is 0.600. The molecule has 0 aromatic carbocycles. The van der Waals surface area contributed by atoms with Crippen LogP contribution in [0, 0.1) is 0 Å². The Labute approximate surface area is 57.6 Å². The highest BCUT2D eigenvalue weighted by Crippen LogP contribution is 2.23. The quantitative estimate of drug-likeness (QED) is 0.614. The second-order valence-corrected chi connectivity index (χ2v) is 2.36. The SMILES string of the molecule is Nc1nnc(NC2CC2)o1. The molecule has 1 aromatic heterocycles. The number of nitrogens with two attached hydrogens (primary N) is 1.